The van der Waals surface area contributed by atoms with E-state index in [0.717, 1.165) is 5.56 Å². The highest BCUT2D eigenvalue weighted by atomic mass is 79.9. The monoisotopic (exact) mass is 341 g/mol. The normalized spacial score (nSPS) is 12.1. The zero-order valence-corrected chi connectivity index (χ0v) is 12.7. The van der Waals surface area contributed by atoms with E-state index >= 15 is 0 Å². The number of para-hydroxylation sites is 1. The van der Waals surface area contributed by atoms with Crippen LogP contribution in [0.3, 0.4) is 0 Å². The molecule has 0 bridgehead atoms. The number of ether oxygens (including phenoxy) is 1. The van der Waals surface area contributed by atoms with Gasteiger partial charge in [0, 0.05) is 10.5 Å². The van der Waals surface area contributed by atoms with Crippen molar-refractivity contribution in [2.24, 2.45) is 0 Å². The molecular formula is C15H14BrF2NO. The first-order valence-corrected chi connectivity index (χ1v) is 6.86. The van der Waals surface area contributed by atoms with Crippen molar-refractivity contribution in [3.8, 4) is 5.75 Å². The van der Waals surface area contributed by atoms with Crippen LogP contribution in [-0.4, -0.2) is 7.11 Å². The number of nitrogens with one attached hydrogen (secondary N) is 1. The van der Waals surface area contributed by atoms with Crippen molar-refractivity contribution in [1.29, 1.82) is 0 Å². The van der Waals surface area contributed by atoms with Gasteiger partial charge in [0.25, 0.3) is 0 Å². The van der Waals surface area contributed by atoms with Crippen molar-refractivity contribution in [2.75, 3.05) is 12.4 Å². The average Bonchev–Trinajstić information content (AvgIpc) is 2.43. The molecule has 0 aromatic heterocycles. The Morgan fingerprint density at radius 3 is 2.55 bits per heavy atom. The molecule has 0 aliphatic heterocycles. The van der Waals surface area contributed by atoms with Gasteiger partial charge >= 0.3 is 0 Å². The van der Waals surface area contributed by atoms with E-state index < -0.39 is 5.82 Å². The standard InChI is InChI=1S/C15H14BrF2NO/c1-9(10-6-7-12(17)14(8-10)20-2)19-15-11(16)4-3-5-13(15)18/h3-9,19H,1-2H3. The van der Waals surface area contributed by atoms with Crippen LogP contribution in [-0.2, 0) is 0 Å². The molecule has 0 aliphatic carbocycles. The maximum absolute atomic E-state index is 13.8. The summed E-state index contributed by atoms with van der Waals surface area (Å²) >= 11 is 3.30. The fourth-order valence-electron chi connectivity index (χ4n) is 1.88. The molecule has 2 nitrogen and oxygen atoms in total. The van der Waals surface area contributed by atoms with Gasteiger partial charge in [-0.05, 0) is 52.7 Å². The number of hydrogen-bond acceptors (Lipinski definition) is 2. The molecule has 2 rings (SSSR count). The lowest BCUT2D eigenvalue weighted by Crippen LogP contribution is -2.09. The molecule has 0 spiro atoms. The Bertz CT molecular complexity index is 599. The quantitative estimate of drug-likeness (QED) is 0.853. The minimum absolute atomic E-state index is 0.170. The molecule has 20 heavy (non-hydrogen) atoms. The minimum atomic E-state index is -0.421. The summed E-state index contributed by atoms with van der Waals surface area (Å²) in [4.78, 5) is 0. The second kappa shape index (κ2) is 6.22. The molecule has 0 radical (unpaired) electrons. The predicted octanol–water partition coefficient (Wildman–Crippen LogP) is 4.91. The summed E-state index contributed by atoms with van der Waals surface area (Å²) in [5.41, 5.74) is 1.18. The molecule has 0 saturated carbocycles. The van der Waals surface area contributed by atoms with Crippen LogP contribution in [0.15, 0.2) is 40.9 Å². The molecule has 106 valence electrons. The molecule has 0 fully saturated rings. The summed E-state index contributed by atoms with van der Waals surface area (Å²) in [5, 5.41) is 3.07. The van der Waals surface area contributed by atoms with Crippen LogP contribution >= 0.6 is 15.9 Å². The van der Waals surface area contributed by atoms with Crippen LogP contribution in [0.2, 0.25) is 0 Å². The van der Waals surface area contributed by atoms with Gasteiger partial charge in [0.2, 0.25) is 0 Å². The molecular weight excluding hydrogens is 328 g/mol. The first-order valence-electron chi connectivity index (χ1n) is 6.07. The molecule has 1 atom stereocenters. The van der Waals surface area contributed by atoms with E-state index in [0.29, 0.717) is 10.2 Å². The molecule has 0 heterocycles. The molecule has 0 saturated heterocycles. The van der Waals surface area contributed by atoms with Crippen molar-refractivity contribution < 1.29 is 13.5 Å². The van der Waals surface area contributed by atoms with E-state index in [4.69, 9.17) is 4.74 Å². The average molecular weight is 342 g/mol. The number of anilines is 1. The van der Waals surface area contributed by atoms with Gasteiger partial charge in [-0.25, -0.2) is 8.78 Å². The van der Waals surface area contributed by atoms with Crippen molar-refractivity contribution >= 4 is 21.6 Å². The lowest BCUT2D eigenvalue weighted by atomic mass is 10.1. The molecule has 5 heteroatoms. The summed E-state index contributed by atoms with van der Waals surface area (Å²) < 4.78 is 32.7. The Morgan fingerprint density at radius 2 is 1.90 bits per heavy atom. The topological polar surface area (TPSA) is 21.3 Å². The number of methoxy groups -OCH3 is 1. The molecule has 0 aliphatic rings. The smallest absolute Gasteiger partial charge is 0.165 e. The van der Waals surface area contributed by atoms with Gasteiger partial charge < -0.3 is 10.1 Å². The fourth-order valence-corrected chi connectivity index (χ4v) is 2.34. The Labute approximate surface area is 124 Å². The maximum Gasteiger partial charge on any atom is 0.165 e. The number of benzene rings is 2. The first kappa shape index (κ1) is 14.8. The van der Waals surface area contributed by atoms with E-state index in [1.807, 2.05) is 6.92 Å². The summed E-state index contributed by atoms with van der Waals surface area (Å²) in [6.45, 7) is 1.87. The molecule has 0 amide bonds. The van der Waals surface area contributed by atoms with Crippen molar-refractivity contribution in [2.45, 2.75) is 13.0 Å². The summed E-state index contributed by atoms with van der Waals surface area (Å²) in [6, 6.07) is 9.14. The van der Waals surface area contributed by atoms with Crippen molar-refractivity contribution in [3.05, 3.63) is 58.1 Å². The Morgan fingerprint density at radius 1 is 1.15 bits per heavy atom. The van der Waals surface area contributed by atoms with Gasteiger partial charge in [-0.15, -0.1) is 0 Å². The van der Waals surface area contributed by atoms with Crippen LogP contribution < -0.4 is 10.1 Å². The second-order valence-electron chi connectivity index (χ2n) is 4.36. The van der Waals surface area contributed by atoms with Gasteiger partial charge in [0.15, 0.2) is 11.6 Å². The maximum atomic E-state index is 13.8. The largest absolute Gasteiger partial charge is 0.494 e. The van der Waals surface area contributed by atoms with Crippen LogP contribution in [0, 0.1) is 11.6 Å². The van der Waals surface area contributed by atoms with Gasteiger partial charge in [-0.2, -0.15) is 0 Å². The predicted molar refractivity (Wildman–Crippen MR) is 79.1 cm³/mol. The van der Waals surface area contributed by atoms with Crippen LogP contribution in [0.25, 0.3) is 0 Å². The van der Waals surface area contributed by atoms with Gasteiger partial charge in [-0.1, -0.05) is 12.1 Å². The van der Waals surface area contributed by atoms with Crippen LogP contribution in [0.1, 0.15) is 18.5 Å². The molecule has 2 aromatic rings. The zero-order chi connectivity index (χ0) is 14.7. The highest BCUT2D eigenvalue weighted by molar-refractivity contribution is 9.10. The van der Waals surface area contributed by atoms with Gasteiger partial charge in [0.05, 0.1) is 12.8 Å². The fraction of sp³-hybridized carbons (Fsp3) is 0.200. The van der Waals surface area contributed by atoms with E-state index in [9.17, 15) is 8.78 Å². The van der Waals surface area contributed by atoms with E-state index in [1.54, 1.807) is 24.3 Å². The Kier molecular flexibility index (Phi) is 4.60. The van der Waals surface area contributed by atoms with Gasteiger partial charge in [-0.3, -0.25) is 0 Å². The van der Waals surface area contributed by atoms with E-state index in [-0.39, 0.29) is 17.6 Å². The lowest BCUT2D eigenvalue weighted by molar-refractivity contribution is 0.385. The van der Waals surface area contributed by atoms with Gasteiger partial charge in [0.1, 0.15) is 5.82 Å². The third kappa shape index (κ3) is 3.10. The van der Waals surface area contributed by atoms with Crippen molar-refractivity contribution in [3.63, 3.8) is 0 Å². The van der Waals surface area contributed by atoms with E-state index in [2.05, 4.69) is 21.2 Å². The van der Waals surface area contributed by atoms with Crippen molar-refractivity contribution in [1.82, 2.24) is 0 Å². The zero-order valence-electron chi connectivity index (χ0n) is 11.1. The first-order chi connectivity index (χ1) is 9.52. The second-order valence-corrected chi connectivity index (χ2v) is 5.21. The molecule has 2 aromatic carbocycles. The third-order valence-electron chi connectivity index (χ3n) is 3.00. The Hall–Kier alpha value is -1.62. The molecule has 1 unspecified atom stereocenters. The molecule has 1 N–H and O–H groups in total. The number of rotatable bonds is 4. The SMILES string of the molecule is COc1cc(C(C)Nc2c(F)cccc2Br)ccc1F. The highest BCUT2D eigenvalue weighted by Gasteiger charge is 2.13. The Balaban J connectivity index is 2.26. The number of hydrogen-bond donors (Lipinski definition) is 1. The minimum Gasteiger partial charge on any atom is -0.494 e. The number of halogens is 3. The summed E-state index contributed by atoms with van der Waals surface area (Å²) in [5.74, 6) is -0.598. The highest BCUT2D eigenvalue weighted by Crippen LogP contribution is 2.30. The summed E-state index contributed by atoms with van der Waals surface area (Å²) in [6.07, 6.45) is 0. The third-order valence-corrected chi connectivity index (χ3v) is 3.66. The van der Waals surface area contributed by atoms with Crippen LogP contribution in [0.5, 0.6) is 5.75 Å². The summed E-state index contributed by atoms with van der Waals surface area (Å²) in [7, 11) is 1.41. The van der Waals surface area contributed by atoms with E-state index in [1.165, 1.54) is 19.2 Å². The van der Waals surface area contributed by atoms with Crippen LogP contribution in [0.4, 0.5) is 14.5 Å². The lowest BCUT2D eigenvalue weighted by Gasteiger charge is -2.18.